The van der Waals surface area contributed by atoms with Crippen molar-refractivity contribution in [2.45, 2.75) is 13.1 Å². The topological polar surface area (TPSA) is 32.3 Å². The Morgan fingerprint density at radius 1 is 1.25 bits per heavy atom. The van der Waals surface area contributed by atoms with Crippen LogP contribution < -0.4 is 5.32 Å². The number of rotatable bonds is 0. The van der Waals surface area contributed by atoms with E-state index in [0.29, 0.717) is 6.54 Å². The number of nitrogens with one attached hydrogen (secondary N) is 1. The molecular weight excluding hydrogens is 225 g/mol. The van der Waals surface area contributed by atoms with Gasteiger partial charge in [0.05, 0.1) is 0 Å². The lowest BCUT2D eigenvalue weighted by Crippen LogP contribution is -1.99. The Balaban J connectivity index is 0.000000720. The molecule has 0 spiro atoms. The van der Waals surface area contributed by atoms with Crippen LogP contribution in [0.1, 0.15) is 11.1 Å². The van der Waals surface area contributed by atoms with Crippen molar-refractivity contribution in [1.82, 2.24) is 5.32 Å². The monoisotopic (exact) mass is 233 g/mol. The Hall–Kier alpha value is -0.610. The Morgan fingerprint density at radius 3 is 2.50 bits per heavy atom. The molecule has 0 unspecified atom stereocenters. The minimum absolute atomic E-state index is 0. The number of halogens is 2. The number of hydrogen-bond acceptors (Lipinski definition) is 2. The third-order valence-electron chi connectivity index (χ3n) is 1.90. The molecule has 1 aromatic carbocycles. The van der Waals surface area contributed by atoms with Gasteiger partial charge in [0.25, 0.3) is 0 Å². The summed E-state index contributed by atoms with van der Waals surface area (Å²) in [5, 5.41) is 12.0. The highest BCUT2D eigenvalue weighted by molar-refractivity contribution is 8.93. The van der Waals surface area contributed by atoms with Gasteiger partial charge in [-0.1, -0.05) is 0 Å². The predicted octanol–water partition coefficient (Wildman–Crippen LogP) is 1.71. The highest BCUT2D eigenvalue weighted by atomic mass is 79.9. The summed E-state index contributed by atoms with van der Waals surface area (Å²) in [6.45, 7) is 1.43. The lowest BCUT2D eigenvalue weighted by Gasteiger charge is -1.99. The second kappa shape index (κ2) is 3.41. The maximum Gasteiger partial charge on any atom is 0.165 e. The molecule has 2 rings (SSSR count). The van der Waals surface area contributed by atoms with Crippen LogP contribution in [0.15, 0.2) is 12.1 Å². The summed E-state index contributed by atoms with van der Waals surface area (Å²) in [4.78, 5) is 0. The normalized spacial score (nSPS) is 13.8. The predicted molar refractivity (Wildman–Crippen MR) is 48.9 cm³/mol. The largest absolute Gasteiger partial charge is 0.505 e. The van der Waals surface area contributed by atoms with E-state index in [2.05, 4.69) is 5.32 Å². The van der Waals surface area contributed by atoms with Crippen LogP contribution in [0, 0.1) is 5.82 Å². The van der Waals surface area contributed by atoms with Gasteiger partial charge in [0.1, 0.15) is 0 Å². The van der Waals surface area contributed by atoms with E-state index in [0.717, 1.165) is 17.7 Å². The van der Waals surface area contributed by atoms with Crippen LogP contribution in [0.5, 0.6) is 5.75 Å². The maximum atomic E-state index is 12.7. The van der Waals surface area contributed by atoms with Crippen molar-refractivity contribution >= 4 is 17.0 Å². The van der Waals surface area contributed by atoms with Gasteiger partial charge in [-0.2, -0.15) is 0 Å². The SMILES string of the molecule is Br.Oc1cc2c(cc1F)CNC2. The molecule has 66 valence electrons. The molecule has 0 radical (unpaired) electrons. The fourth-order valence-corrected chi connectivity index (χ4v) is 1.31. The molecule has 1 heterocycles. The molecule has 12 heavy (non-hydrogen) atoms. The minimum atomic E-state index is -0.535. The van der Waals surface area contributed by atoms with Crippen molar-refractivity contribution in [3.05, 3.63) is 29.1 Å². The first-order chi connectivity index (χ1) is 5.27. The smallest absolute Gasteiger partial charge is 0.165 e. The van der Waals surface area contributed by atoms with E-state index in [-0.39, 0.29) is 22.7 Å². The third kappa shape index (κ3) is 1.44. The van der Waals surface area contributed by atoms with Crippen LogP contribution in [0.25, 0.3) is 0 Å². The van der Waals surface area contributed by atoms with Gasteiger partial charge in [-0.3, -0.25) is 0 Å². The quantitative estimate of drug-likeness (QED) is 0.716. The van der Waals surface area contributed by atoms with Gasteiger partial charge < -0.3 is 10.4 Å². The van der Waals surface area contributed by atoms with Gasteiger partial charge >= 0.3 is 0 Å². The summed E-state index contributed by atoms with van der Waals surface area (Å²) in [5.41, 5.74) is 1.93. The van der Waals surface area contributed by atoms with E-state index in [1.807, 2.05) is 0 Å². The first-order valence-electron chi connectivity index (χ1n) is 3.48. The molecule has 0 aliphatic carbocycles. The number of hydrogen-bond donors (Lipinski definition) is 2. The molecule has 1 aliphatic rings. The van der Waals surface area contributed by atoms with Crippen molar-refractivity contribution in [1.29, 1.82) is 0 Å². The van der Waals surface area contributed by atoms with Gasteiger partial charge in [-0.25, -0.2) is 4.39 Å². The molecule has 0 saturated heterocycles. The second-order valence-corrected chi connectivity index (χ2v) is 2.68. The summed E-state index contributed by atoms with van der Waals surface area (Å²) >= 11 is 0. The maximum absolute atomic E-state index is 12.7. The fraction of sp³-hybridized carbons (Fsp3) is 0.250. The molecule has 1 aromatic rings. The highest BCUT2D eigenvalue weighted by Gasteiger charge is 2.12. The Labute approximate surface area is 80.2 Å². The van der Waals surface area contributed by atoms with E-state index in [9.17, 15) is 4.39 Å². The Bertz CT molecular complexity index is 274. The molecule has 2 N–H and O–H groups in total. The van der Waals surface area contributed by atoms with Crippen molar-refractivity contribution in [2.75, 3.05) is 0 Å². The summed E-state index contributed by atoms with van der Waals surface area (Å²) in [6, 6.07) is 2.86. The third-order valence-corrected chi connectivity index (χ3v) is 1.90. The molecule has 4 heteroatoms. The summed E-state index contributed by atoms with van der Waals surface area (Å²) in [5.74, 6) is -0.792. The van der Waals surface area contributed by atoms with Crippen LogP contribution in [-0.2, 0) is 13.1 Å². The Morgan fingerprint density at radius 2 is 1.83 bits per heavy atom. The van der Waals surface area contributed by atoms with E-state index in [1.165, 1.54) is 12.1 Å². The highest BCUT2D eigenvalue weighted by Crippen LogP contribution is 2.23. The zero-order chi connectivity index (χ0) is 7.84. The summed E-state index contributed by atoms with van der Waals surface area (Å²) in [6.07, 6.45) is 0. The van der Waals surface area contributed by atoms with E-state index >= 15 is 0 Å². The fourth-order valence-electron chi connectivity index (χ4n) is 1.31. The van der Waals surface area contributed by atoms with Gasteiger partial charge in [0.2, 0.25) is 0 Å². The zero-order valence-corrected chi connectivity index (χ0v) is 8.02. The molecule has 2 nitrogen and oxygen atoms in total. The van der Waals surface area contributed by atoms with Crippen molar-refractivity contribution in [3.8, 4) is 5.75 Å². The number of phenolic OH excluding ortho intramolecular Hbond substituents is 1. The minimum Gasteiger partial charge on any atom is -0.505 e. The van der Waals surface area contributed by atoms with Crippen LogP contribution in [-0.4, -0.2) is 5.11 Å². The van der Waals surface area contributed by atoms with Crippen LogP contribution in [0.4, 0.5) is 4.39 Å². The van der Waals surface area contributed by atoms with Crippen LogP contribution in [0.3, 0.4) is 0 Å². The molecule has 0 aromatic heterocycles. The molecule has 1 aliphatic heterocycles. The lowest BCUT2D eigenvalue weighted by atomic mass is 10.1. The first-order valence-corrected chi connectivity index (χ1v) is 3.48. The molecule has 0 atom stereocenters. The van der Waals surface area contributed by atoms with E-state index in [4.69, 9.17) is 5.11 Å². The van der Waals surface area contributed by atoms with Crippen LogP contribution >= 0.6 is 17.0 Å². The average Bonchev–Trinajstić information content (AvgIpc) is 2.36. The van der Waals surface area contributed by atoms with Gasteiger partial charge in [0.15, 0.2) is 11.6 Å². The molecule has 0 fully saturated rings. The van der Waals surface area contributed by atoms with Gasteiger partial charge in [-0.05, 0) is 23.3 Å². The number of phenols is 1. The van der Waals surface area contributed by atoms with Crippen molar-refractivity contribution < 1.29 is 9.50 Å². The summed E-state index contributed by atoms with van der Waals surface area (Å²) < 4.78 is 12.7. The van der Waals surface area contributed by atoms with E-state index < -0.39 is 5.82 Å². The van der Waals surface area contributed by atoms with Crippen molar-refractivity contribution in [3.63, 3.8) is 0 Å². The Kier molecular flexibility index (Phi) is 2.69. The van der Waals surface area contributed by atoms with Crippen LogP contribution in [0.2, 0.25) is 0 Å². The molecule has 0 amide bonds. The zero-order valence-electron chi connectivity index (χ0n) is 6.30. The van der Waals surface area contributed by atoms with E-state index in [1.54, 1.807) is 0 Å². The first kappa shape index (κ1) is 9.48. The molecular formula is C8H9BrFNO. The lowest BCUT2D eigenvalue weighted by molar-refractivity contribution is 0.431. The molecule has 0 bridgehead atoms. The van der Waals surface area contributed by atoms with Gasteiger partial charge in [-0.15, -0.1) is 17.0 Å². The van der Waals surface area contributed by atoms with Crippen molar-refractivity contribution in [2.24, 2.45) is 0 Å². The summed E-state index contributed by atoms with van der Waals surface area (Å²) in [7, 11) is 0. The number of benzene rings is 1. The average molecular weight is 234 g/mol. The molecule has 0 saturated carbocycles. The standard InChI is InChI=1S/C8H8FNO.BrH/c9-7-1-5-3-10-4-6(5)2-8(7)11;/h1-2,10-11H,3-4H2;1H. The number of fused-ring (bicyclic) bond motifs is 1. The number of aromatic hydroxyl groups is 1. The second-order valence-electron chi connectivity index (χ2n) is 2.68. The van der Waals surface area contributed by atoms with Gasteiger partial charge in [0, 0.05) is 13.1 Å².